The molecule has 1 fully saturated rings. The van der Waals surface area contributed by atoms with Crippen LogP contribution in [0.25, 0.3) is 0 Å². The van der Waals surface area contributed by atoms with E-state index in [1.54, 1.807) is 16.7 Å². The summed E-state index contributed by atoms with van der Waals surface area (Å²) < 4.78 is 8.03. The molecular formula is C26H28N4O3. The highest BCUT2D eigenvalue weighted by Gasteiger charge is 2.28. The number of carbonyl (C=O) groups excluding carboxylic acids is 2. The number of piperazine rings is 1. The number of para-hydroxylation sites is 1. The van der Waals surface area contributed by atoms with Gasteiger partial charge < -0.3 is 19.1 Å². The highest BCUT2D eigenvalue weighted by molar-refractivity contribution is 5.92. The van der Waals surface area contributed by atoms with Crippen LogP contribution in [0.5, 0.6) is 11.5 Å². The number of ether oxygens (including phenoxy) is 1. The molecular weight excluding hydrogens is 416 g/mol. The molecule has 7 heteroatoms. The predicted octanol–water partition coefficient (Wildman–Crippen LogP) is 3.71. The van der Waals surface area contributed by atoms with Crippen molar-refractivity contribution in [2.75, 3.05) is 26.2 Å². The van der Waals surface area contributed by atoms with Gasteiger partial charge in [0.05, 0.1) is 0 Å². The maximum absolute atomic E-state index is 13.0. The lowest BCUT2D eigenvalue weighted by atomic mass is 9.91. The fourth-order valence-corrected chi connectivity index (χ4v) is 4.64. The van der Waals surface area contributed by atoms with Gasteiger partial charge >= 0.3 is 0 Å². The number of amides is 2. The Balaban J connectivity index is 1.22. The molecule has 5 rings (SSSR count). The van der Waals surface area contributed by atoms with E-state index in [-0.39, 0.29) is 11.8 Å². The van der Waals surface area contributed by atoms with Crippen molar-refractivity contribution >= 4 is 11.8 Å². The Bertz CT molecular complexity index is 1130. The molecule has 170 valence electrons. The number of nitrogens with zero attached hydrogens (tertiary/aromatic N) is 4. The van der Waals surface area contributed by atoms with Gasteiger partial charge in [0.2, 0.25) is 5.91 Å². The van der Waals surface area contributed by atoms with E-state index in [1.807, 2.05) is 48.7 Å². The Kier molecular flexibility index (Phi) is 5.86. The smallest absolute Gasteiger partial charge is 0.274 e. The third-order valence-electron chi connectivity index (χ3n) is 6.55. The van der Waals surface area contributed by atoms with Crippen LogP contribution in [0.1, 0.15) is 41.1 Å². The zero-order chi connectivity index (χ0) is 22.8. The van der Waals surface area contributed by atoms with E-state index in [1.165, 1.54) is 5.56 Å². The number of imidazole rings is 1. The summed E-state index contributed by atoms with van der Waals surface area (Å²) in [6, 6.07) is 18.1. The van der Waals surface area contributed by atoms with Crippen molar-refractivity contribution in [3.63, 3.8) is 0 Å². The third kappa shape index (κ3) is 4.62. The summed E-state index contributed by atoms with van der Waals surface area (Å²) in [4.78, 5) is 32.7. The molecule has 7 nitrogen and oxygen atoms in total. The molecule has 2 aliphatic heterocycles. The van der Waals surface area contributed by atoms with Crippen LogP contribution in [0.15, 0.2) is 60.8 Å². The number of hydrogen-bond donors (Lipinski definition) is 0. The zero-order valence-electron chi connectivity index (χ0n) is 18.8. The van der Waals surface area contributed by atoms with Gasteiger partial charge in [-0.25, -0.2) is 4.98 Å². The van der Waals surface area contributed by atoms with Crippen molar-refractivity contribution in [2.45, 2.75) is 32.2 Å². The summed E-state index contributed by atoms with van der Waals surface area (Å²) in [6.45, 7) is 4.66. The molecule has 1 atom stereocenters. The second kappa shape index (κ2) is 9.10. The number of benzene rings is 2. The summed E-state index contributed by atoms with van der Waals surface area (Å²) in [5, 5.41) is 0. The normalized spacial score (nSPS) is 18.0. The Morgan fingerprint density at radius 2 is 1.58 bits per heavy atom. The first-order valence-electron chi connectivity index (χ1n) is 11.5. The lowest BCUT2D eigenvalue weighted by molar-refractivity contribution is -0.130. The Morgan fingerprint density at radius 1 is 0.909 bits per heavy atom. The SMILES string of the molecule is CC(=O)N1CCN(C(=O)c2cn3c(n2)CCC(c2ccc(Oc4ccccc4)cc2)C3)CC1. The number of aromatic nitrogens is 2. The molecule has 3 aromatic rings. The van der Waals surface area contributed by atoms with Crippen LogP contribution in [-0.2, 0) is 17.8 Å². The average Bonchev–Trinajstić information content (AvgIpc) is 3.28. The first-order chi connectivity index (χ1) is 16.1. The molecule has 0 spiro atoms. The minimum atomic E-state index is -0.0425. The van der Waals surface area contributed by atoms with Crippen LogP contribution in [-0.4, -0.2) is 57.3 Å². The summed E-state index contributed by atoms with van der Waals surface area (Å²) in [5.74, 6) is 3.01. The molecule has 0 saturated carbocycles. The van der Waals surface area contributed by atoms with E-state index < -0.39 is 0 Å². The first kappa shape index (κ1) is 21.2. The molecule has 1 saturated heterocycles. The maximum Gasteiger partial charge on any atom is 0.274 e. The summed E-state index contributed by atoms with van der Waals surface area (Å²) in [6.07, 6.45) is 3.74. The van der Waals surface area contributed by atoms with E-state index in [2.05, 4.69) is 21.7 Å². The highest BCUT2D eigenvalue weighted by Crippen LogP contribution is 2.31. The summed E-state index contributed by atoms with van der Waals surface area (Å²) in [7, 11) is 0. The highest BCUT2D eigenvalue weighted by atomic mass is 16.5. The van der Waals surface area contributed by atoms with Crippen LogP contribution in [0, 0.1) is 0 Å². The van der Waals surface area contributed by atoms with Gasteiger partial charge in [-0.2, -0.15) is 0 Å². The lowest BCUT2D eigenvalue weighted by Gasteiger charge is -2.33. The van der Waals surface area contributed by atoms with Gasteiger partial charge in [-0.3, -0.25) is 9.59 Å². The topological polar surface area (TPSA) is 67.7 Å². The van der Waals surface area contributed by atoms with E-state index in [0.29, 0.717) is 37.8 Å². The number of fused-ring (bicyclic) bond motifs is 1. The van der Waals surface area contributed by atoms with E-state index in [0.717, 1.165) is 36.7 Å². The molecule has 0 aliphatic carbocycles. The lowest BCUT2D eigenvalue weighted by Crippen LogP contribution is -2.50. The van der Waals surface area contributed by atoms with E-state index >= 15 is 0 Å². The van der Waals surface area contributed by atoms with E-state index in [9.17, 15) is 9.59 Å². The maximum atomic E-state index is 13.0. The Labute approximate surface area is 193 Å². The van der Waals surface area contributed by atoms with Crippen molar-refractivity contribution in [3.05, 3.63) is 77.9 Å². The average molecular weight is 445 g/mol. The molecule has 2 aliphatic rings. The number of rotatable bonds is 4. The van der Waals surface area contributed by atoms with Gasteiger partial charge in [-0.1, -0.05) is 30.3 Å². The summed E-state index contributed by atoms with van der Waals surface area (Å²) in [5.41, 5.74) is 1.77. The standard InChI is InChI=1S/C26H28N4O3/c1-19(31)28-13-15-29(16-14-28)26(32)24-18-30-17-21(9-12-25(30)27-24)20-7-10-23(11-8-20)33-22-5-3-2-4-6-22/h2-8,10-11,18,21H,9,12-17H2,1H3. The van der Waals surface area contributed by atoms with Crippen molar-refractivity contribution in [1.82, 2.24) is 19.4 Å². The summed E-state index contributed by atoms with van der Waals surface area (Å²) >= 11 is 0. The van der Waals surface area contributed by atoms with Crippen LogP contribution >= 0.6 is 0 Å². The minimum absolute atomic E-state index is 0.0425. The van der Waals surface area contributed by atoms with Crippen molar-refractivity contribution in [2.24, 2.45) is 0 Å². The molecule has 0 radical (unpaired) electrons. The first-order valence-corrected chi connectivity index (χ1v) is 11.5. The quantitative estimate of drug-likeness (QED) is 0.615. The minimum Gasteiger partial charge on any atom is -0.457 e. The Hall–Kier alpha value is -3.61. The van der Waals surface area contributed by atoms with Gasteiger partial charge in [0.25, 0.3) is 5.91 Å². The number of carbonyl (C=O) groups is 2. The monoisotopic (exact) mass is 444 g/mol. The van der Waals surface area contributed by atoms with Gasteiger partial charge in [0, 0.05) is 58.2 Å². The molecule has 1 unspecified atom stereocenters. The zero-order valence-corrected chi connectivity index (χ0v) is 18.8. The third-order valence-corrected chi connectivity index (χ3v) is 6.55. The van der Waals surface area contributed by atoms with Crippen LogP contribution in [0.3, 0.4) is 0 Å². The Morgan fingerprint density at radius 3 is 2.27 bits per heavy atom. The molecule has 2 amide bonds. The van der Waals surface area contributed by atoms with Gasteiger partial charge in [-0.15, -0.1) is 0 Å². The van der Waals surface area contributed by atoms with Gasteiger partial charge in [0.15, 0.2) is 0 Å². The second-order valence-electron chi connectivity index (χ2n) is 8.71. The largest absolute Gasteiger partial charge is 0.457 e. The number of aryl methyl sites for hydroxylation is 1. The van der Waals surface area contributed by atoms with Gasteiger partial charge in [-0.05, 0) is 36.2 Å². The number of hydrogen-bond acceptors (Lipinski definition) is 4. The molecule has 1 aromatic heterocycles. The van der Waals surface area contributed by atoms with E-state index in [4.69, 9.17) is 4.74 Å². The van der Waals surface area contributed by atoms with Crippen LogP contribution < -0.4 is 4.74 Å². The molecule has 3 heterocycles. The van der Waals surface area contributed by atoms with Crippen molar-refractivity contribution in [1.29, 1.82) is 0 Å². The molecule has 33 heavy (non-hydrogen) atoms. The predicted molar refractivity (Wildman–Crippen MR) is 124 cm³/mol. The van der Waals surface area contributed by atoms with Crippen LogP contribution in [0.2, 0.25) is 0 Å². The molecule has 2 aromatic carbocycles. The fourth-order valence-electron chi connectivity index (χ4n) is 4.64. The second-order valence-corrected chi connectivity index (χ2v) is 8.71. The van der Waals surface area contributed by atoms with Gasteiger partial charge in [0.1, 0.15) is 23.0 Å². The molecule has 0 N–H and O–H groups in total. The fraction of sp³-hybridized carbons (Fsp3) is 0.346. The van der Waals surface area contributed by atoms with Crippen molar-refractivity contribution < 1.29 is 14.3 Å². The molecule has 0 bridgehead atoms. The van der Waals surface area contributed by atoms with Crippen molar-refractivity contribution in [3.8, 4) is 11.5 Å². The van der Waals surface area contributed by atoms with Crippen LogP contribution in [0.4, 0.5) is 0 Å².